The average molecular weight is 844 g/mol. The SMILES string of the molecule is COc1cc(-c2cn(C)c(=O)c3cnc(N4CCC4)cc23)cc(OC)c1CN1CCC(CN2CCC3(CC2)CN(c2ccc4c(c2)n(C)c(=O)n4C2CCC(=O)NC2=O)C3)CC1. The number of hydrogen-bond acceptors (Lipinski definition) is 11. The lowest BCUT2D eigenvalue weighted by atomic mass is 9.71. The van der Waals surface area contributed by atoms with Gasteiger partial charge in [0.15, 0.2) is 0 Å². The Kier molecular flexibility index (Phi) is 10.4. The molecule has 0 saturated carbocycles. The summed E-state index contributed by atoms with van der Waals surface area (Å²) in [5, 5.41) is 3.87. The molecular formula is C47H57N9O6. The number of carbonyl (C=O) groups excluding carboxylic acids is 2. The molecule has 1 unspecified atom stereocenters. The van der Waals surface area contributed by atoms with Gasteiger partial charge in [-0.15, -0.1) is 0 Å². The van der Waals surface area contributed by atoms with E-state index in [0.29, 0.717) is 23.1 Å². The van der Waals surface area contributed by atoms with Gasteiger partial charge in [-0.05, 0) is 113 Å². The maximum atomic E-state index is 13.3. The van der Waals surface area contributed by atoms with E-state index in [1.807, 2.05) is 12.3 Å². The highest BCUT2D eigenvalue weighted by molar-refractivity contribution is 6.00. The average Bonchev–Trinajstić information content (AvgIpc) is 3.49. The Balaban J connectivity index is 0.743. The summed E-state index contributed by atoms with van der Waals surface area (Å²) in [5.41, 5.74) is 5.58. The Morgan fingerprint density at radius 1 is 0.806 bits per heavy atom. The Morgan fingerprint density at radius 2 is 1.53 bits per heavy atom. The van der Waals surface area contributed by atoms with Crippen molar-refractivity contribution in [3.8, 4) is 22.6 Å². The first-order valence-corrected chi connectivity index (χ1v) is 22.3. The third-order valence-corrected chi connectivity index (χ3v) is 14.7. The summed E-state index contributed by atoms with van der Waals surface area (Å²) in [5.74, 6) is 2.44. The van der Waals surface area contributed by atoms with Gasteiger partial charge >= 0.3 is 5.69 Å². The number of fused-ring (bicyclic) bond motifs is 2. The second-order valence-corrected chi connectivity index (χ2v) is 18.5. The second kappa shape index (κ2) is 15.9. The predicted octanol–water partition coefficient (Wildman–Crippen LogP) is 4.27. The fraction of sp³-hybridized carbons (Fsp3) is 0.511. The highest BCUT2D eigenvalue weighted by Gasteiger charge is 2.45. The van der Waals surface area contributed by atoms with Crippen LogP contribution in [0, 0.1) is 11.3 Å². The molecular weight excluding hydrogens is 787 g/mol. The van der Waals surface area contributed by atoms with E-state index in [0.717, 1.165) is 141 Å². The third-order valence-electron chi connectivity index (χ3n) is 14.7. The molecule has 3 aromatic heterocycles. The molecule has 15 nitrogen and oxygen atoms in total. The van der Waals surface area contributed by atoms with Gasteiger partial charge in [0, 0.05) is 94.2 Å². The number of benzene rings is 2. The predicted molar refractivity (Wildman–Crippen MR) is 239 cm³/mol. The Hall–Kier alpha value is -5.67. The van der Waals surface area contributed by atoms with Crippen molar-refractivity contribution in [2.75, 3.05) is 82.9 Å². The van der Waals surface area contributed by atoms with Crippen LogP contribution in [0.2, 0.25) is 0 Å². The van der Waals surface area contributed by atoms with Crippen molar-refractivity contribution >= 4 is 45.1 Å². The van der Waals surface area contributed by atoms with Crippen LogP contribution in [-0.4, -0.2) is 113 Å². The lowest BCUT2D eigenvalue weighted by molar-refractivity contribution is -0.135. The molecule has 15 heteroatoms. The maximum absolute atomic E-state index is 13.3. The first-order chi connectivity index (χ1) is 30.0. The summed E-state index contributed by atoms with van der Waals surface area (Å²) >= 11 is 0. The van der Waals surface area contributed by atoms with Gasteiger partial charge in [0.1, 0.15) is 23.4 Å². The number of nitrogens with one attached hydrogen (secondary N) is 1. The first kappa shape index (κ1) is 40.4. The van der Waals surface area contributed by atoms with E-state index in [4.69, 9.17) is 9.47 Å². The van der Waals surface area contributed by atoms with Gasteiger partial charge in [-0.3, -0.25) is 33.7 Å². The van der Waals surface area contributed by atoms with Crippen LogP contribution in [-0.2, 0) is 30.2 Å². The number of anilines is 2. The molecule has 0 radical (unpaired) electrons. The Labute approximate surface area is 360 Å². The van der Waals surface area contributed by atoms with Crippen LogP contribution < -0.4 is 35.8 Å². The van der Waals surface area contributed by atoms with Gasteiger partial charge in [-0.2, -0.15) is 0 Å². The summed E-state index contributed by atoms with van der Waals surface area (Å²) in [7, 11) is 6.98. The van der Waals surface area contributed by atoms with Gasteiger partial charge in [0.05, 0.1) is 36.2 Å². The molecule has 1 N–H and O–H groups in total. The number of imide groups is 1. The van der Waals surface area contributed by atoms with Crippen molar-refractivity contribution < 1.29 is 19.1 Å². The van der Waals surface area contributed by atoms with Crippen molar-refractivity contribution in [3.63, 3.8) is 0 Å². The number of aryl methyl sites for hydroxylation is 2. The molecule has 1 spiro atoms. The van der Waals surface area contributed by atoms with E-state index in [1.54, 1.807) is 48.2 Å². The molecule has 8 heterocycles. The minimum absolute atomic E-state index is 0.0646. The van der Waals surface area contributed by atoms with Gasteiger partial charge in [-0.1, -0.05) is 0 Å². The fourth-order valence-corrected chi connectivity index (χ4v) is 10.8. The zero-order valence-electron chi connectivity index (χ0n) is 36.3. The van der Waals surface area contributed by atoms with Crippen LogP contribution in [0.3, 0.4) is 0 Å². The van der Waals surface area contributed by atoms with Crippen LogP contribution in [0.5, 0.6) is 11.5 Å². The van der Waals surface area contributed by atoms with Crippen LogP contribution in [0.25, 0.3) is 32.9 Å². The van der Waals surface area contributed by atoms with Gasteiger partial charge in [0.2, 0.25) is 11.8 Å². The number of pyridine rings is 2. The summed E-state index contributed by atoms with van der Waals surface area (Å²) in [6, 6.07) is 11.6. The first-order valence-electron chi connectivity index (χ1n) is 22.3. The van der Waals surface area contributed by atoms with Crippen molar-refractivity contribution in [2.45, 2.75) is 57.5 Å². The highest BCUT2D eigenvalue weighted by Crippen LogP contribution is 2.44. The van der Waals surface area contributed by atoms with E-state index >= 15 is 0 Å². The van der Waals surface area contributed by atoms with Gasteiger partial charge < -0.3 is 28.7 Å². The van der Waals surface area contributed by atoms with Crippen molar-refractivity contribution in [2.24, 2.45) is 25.4 Å². The number of nitrogens with zero attached hydrogens (tertiary/aromatic N) is 8. The number of aromatic nitrogens is 4. The number of piperidine rings is 3. The monoisotopic (exact) mass is 843 g/mol. The molecule has 5 aliphatic heterocycles. The molecule has 1 atom stereocenters. The van der Waals surface area contributed by atoms with Crippen molar-refractivity contribution in [1.29, 1.82) is 0 Å². The van der Waals surface area contributed by atoms with Crippen LogP contribution in [0.15, 0.2) is 58.4 Å². The summed E-state index contributed by atoms with van der Waals surface area (Å²) in [4.78, 5) is 65.3. The lowest BCUT2D eigenvalue weighted by Gasteiger charge is -2.55. The number of amides is 2. The van der Waals surface area contributed by atoms with Crippen molar-refractivity contribution in [1.82, 2.24) is 33.8 Å². The largest absolute Gasteiger partial charge is 0.496 e. The Morgan fingerprint density at radius 3 is 2.19 bits per heavy atom. The molecule has 5 aliphatic rings. The minimum atomic E-state index is -0.679. The fourth-order valence-electron chi connectivity index (χ4n) is 10.8. The standard InChI is InChI=1S/C47H57N9O6/c1-50-26-35(33-23-42(54-14-5-15-54)48-24-34(33)45(50)59)31-20-40(61-3)36(41(21-31)62-4)27-52-16-10-30(11-17-52)25-53-18-12-47(13-19-53)28-55(29-47)32-6-7-37-39(22-32)51(2)46(60)56(37)38-8-9-43(57)49-44(38)58/h6-7,20-24,26,30,38H,5,8-19,25,27-29H2,1-4H3,(H,49,57,58). The molecule has 5 fully saturated rings. The smallest absolute Gasteiger partial charge is 0.329 e. The number of carbonyl (C=O) groups is 2. The molecule has 2 amide bonds. The highest BCUT2D eigenvalue weighted by atomic mass is 16.5. The number of hydrogen-bond donors (Lipinski definition) is 1. The van der Waals surface area contributed by atoms with Gasteiger partial charge in [-0.25, -0.2) is 9.78 Å². The zero-order chi connectivity index (χ0) is 42.9. The summed E-state index contributed by atoms with van der Waals surface area (Å²) < 4.78 is 16.9. The molecule has 0 bridgehead atoms. The molecule has 2 aromatic carbocycles. The quantitative estimate of drug-likeness (QED) is 0.202. The van der Waals surface area contributed by atoms with Crippen LogP contribution in [0.4, 0.5) is 11.5 Å². The lowest BCUT2D eigenvalue weighted by Crippen LogP contribution is -2.60. The van der Waals surface area contributed by atoms with Crippen molar-refractivity contribution in [3.05, 3.63) is 75.2 Å². The summed E-state index contributed by atoms with van der Waals surface area (Å²) in [6.07, 6.45) is 10.0. The van der Waals surface area contributed by atoms with E-state index in [-0.39, 0.29) is 23.6 Å². The maximum Gasteiger partial charge on any atom is 0.329 e. The zero-order valence-corrected chi connectivity index (χ0v) is 36.3. The second-order valence-electron chi connectivity index (χ2n) is 18.5. The van der Waals surface area contributed by atoms with E-state index in [2.05, 4.69) is 60.2 Å². The summed E-state index contributed by atoms with van der Waals surface area (Å²) in [6.45, 7) is 10.2. The van der Waals surface area contributed by atoms with E-state index in [1.165, 1.54) is 12.8 Å². The number of imidazole rings is 1. The number of likely N-dealkylation sites (tertiary alicyclic amines) is 2. The normalized spacial score (nSPS) is 21.1. The molecule has 10 rings (SSSR count). The van der Waals surface area contributed by atoms with E-state index in [9.17, 15) is 19.2 Å². The molecule has 5 saturated heterocycles. The number of methoxy groups -OCH3 is 2. The van der Waals surface area contributed by atoms with Crippen LogP contribution in [0.1, 0.15) is 56.6 Å². The molecule has 62 heavy (non-hydrogen) atoms. The molecule has 5 aromatic rings. The third kappa shape index (κ3) is 7.12. The topological polar surface area (TPSA) is 139 Å². The Bertz CT molecular complexity index is 2670. The van der Waals surface area contributed by atoms with Gasteiger partial charge in [0.25, 0.3) is 5.56 Å². The molecule has 326 valence electrons. The van der Waals surface area contributed by atoms with Crippen LogP contribution >= 0.6 is 0 Å². The number of ether oxygens (including phenoxy) is 2. The molecule has 0 aliphatic carbocycles. The number of rotatable bonds is 10. The van der Waals surface area contributed by atoms with E-state index < -0.39 is 11.9 Å². The minimum Gasteiger partial charge on any atom is -0.496 e.